The van der Waals surface area contributed by atoms with Crippen LogP contribution in [0.5, 0.6) is 5.75 Å². The third-order valence-electron chi connectivity index (χ3n) is 3.90. The van der Waals surface area contributed by atoms with Gasteiger partial charge in [0.2, 0.25) is 0 Å². The summed E-state index contributed by atoms with van der Waals surface area (Å²) in [5, 5.41) is 0. The van der Waals surface area contributed by atoms with Gasteiger partial charge in [0.15, 0.2) is 0 Å². The van der Waals surface area contributed by atoms with E-state index in [1.54, 1.807) is 55.5 Å². The van der Waals surface area contributed by atoms with Gasteiger partial charge >= 0.3 is 10.1 Å². The van der Waals surface area contributed by atoms with Crippen molar-refractivity contribution in [3.05, 3.63) is 59.7 Å². The van der Waals surface area contributed by atoms with E-state index < -0.39 is 10.1 Å². The Morgan fingerprint density at radius 2 is 1.52 bits per heavy atom. The van der Waals surface area contributed by atoms with E-state index in [1.807, 2.05) is 0 Å². The molecule has 0 unspecified atom stereocenters. The lowest BCUT2D eigenvalue weighted by Crippen LogP contribution is -2.13. The number of ketones is 1. The molecule has 0 saturated heterocycles. The maximum Gasteiger partial charge on any atom is 0.339 e. The van der Waals surface area contributed by atoms with Gasteiger partial charge in [0.05, 0.1) is 0 Å². The molecule has 0 radical (unpaired) electrons. The number of aryl methyl sites for hydroxylation is 1. The maximum absolute atomic E-state index is 12.4. The van der Waals surface area contributed by atoms with Gasteiger partial charge in [0, 0.05) is 6.42 Å². The molecule has 2 aromatic carbocycles. The van der Waals surface area contributed by atoms with Gasteiger partial charge in [-0.05, 0) is 54.2 Å². The largest absolute Gasteiger partial charge is 0.379 e. The van der Waals surface area contributed by atoms with E-state index in [1.165, 1.54) is 0 Å². The molecule has 0 N–H and O–H groups in total. The average Bonchev–Trinajstić information content (AvgIpc) is 2.53. The van der Waals surface area contributed by atoms with E-state index in [4.69, 9.17) is 4.18 Å². The molecule has 0 aliphatic heterocycles. The lowest BCUT2D eigenvalue weighted by atomic mass is 9.87. The molecule has 0 amide bonds. The Balaban J connectivity index is 2.11. The molecule has 0 bridgehead atoms. The number of carbonyl (C=O) groups is 1. The topological polar surface area (TPSA) is 60.4 Å². The van der Waals surface area contributed by atoms with Crippen molar-refractivity contribution in [2.45, 2.75) is 50.8 Å². The van der Waals surface area contributed by atoms with Crippen LogP contribution in [0.25, 0.3) is 0 Å². The van der Waals surface area contributed by atoms with Crippen molar-refractivity contribution in [3.63, 3.8) is 0 Å². The van der Waals surface area contributed by atoms with Gasteiger partial charge in [-0.3, -0.25) is 0 Å². The first kappa shape index (κ1) is 19.2. The Morgan fingerprint density at radius 3 is 2.00 bits per heavy atom. The number of benzene rings is 2. The molecule has 0 aliphatic carbocycles. The first-order valence-corrected chi connectivity index (χ1v) is 9.62. The molecular weight excluding hydrogens is 336 g/mol. The highest BCUT2D eigenvalue weighted by Crippen LogP contribution is 2.25. The van der Waals surface area contributed by atoms with Crippen LogP contribution < -0.4 is 4.18 Å². The molecule has 0 atom stereocenters. The minimum absolute atomic E-state index is 0.0428. The summed E-state index contributed by atoms with van der Waals surface area (Å²) in [5.41, 5.74) is 1.98. The van der Waals surface area contributed by atoms with Crippen molar-refractivity contribution >= 4 is 15.9 Å². The lowest BCUT2D eigenvalue weighted by Gasteiger charge is -2.19. The number of Topliss-reactive ketones (excluding diaryl/α,β-unsaturated/α-hetero) is 1. The van der Waals surface area contributed by atoms with E-state index in [2.05, 4.69) is 20.8 Å². The Bertz CT molecular complexity index is 827. The smallest absolute Gasteiger partial charge is 0.339 e. The monoisotopic (exact) mass is 360 g/mol. The van der Waals surface area contributed by atoms with Crippen molar-refractivity contribution < 1.29 is 17.4 Å². The predicted octanol–water partition coefficient (Wildman–Crippen LogP) is 4.27. The Labute approximate surface area is 150 Å². The van der Waals surface area contributed by atoms with Gasteiger partial charge in [0.1, 0.15) is 16.4 Å². The molecule has 0 aromatic heterocycles. The van der Waals surface area contributed by atoms with Crippen LogP contribution in [-0.4, -0.2) is 14.2 Å². The highest BCUT2D eigenvalue weighted by atomic mass is 32.2. The summed E-state index contributed by atoms with van der Waals surface area (Å²) < 4.78 is 30.0. The molecule has 5 heteroatoms. The van der Waals surface area contributed by atoms with E-state index in [-0.39, 0.29) is 21.8 Å². The number of hydrogen-bond donors (Lipinski definition) is 0. The molecule has 2 aromatic rings. The number of hydrogen-bond acceptors (Lipinski definition) is 4. The first-order valence-electron chi connectivity index (χ1n) is 8.21. The fourth-order valence-electron chi connectivity index (χ4n) is 2.33. The van der Waals surface area contributed by atoms with Crippen LogP contribution in [0.2, 0.25) is 0 Å². The van der Waals surface area contributed by atoms with Gasteiger partial charge < -0.3 is 8.98 Å². The molecule has 4 nitrogen and oxygen atoms in total. The first-order chi connectivity index (χ1) is 11.6. The lowest BCUT2D eigenvalue weighted by molar-refractivity contribution is -0.116. The second-order valence-electron chi connectivity index (χ2n) is 7.16. The van der Waals surface area contributed by atoms with Crippen molar-refractivity contribution in [1.29, 1.82) is 0 Å². The third kappa shape index (κ3) is 5.43. The van der Waals surface area contributed by atoms with Gasteiger partial charge in [-0.1, -0.05) is 45.0 Å². The molecule has 2 rings (SSSR count). The Hall–Kier alpha value is -2.14. The molecule has 134 valence electrons. The van der Waals surface area contributed by atoms with Crippen molar-refractivity contribution in [1.82, 2.24) is 0 Å². The van der Waals surface area contributed by atoms with Gasteiger partial charge in [0.25, 0.3) is 0 Å². The molecule has 0 saturated carbocycles. The molecule has 25 heavy (non-hydrogen) atoms. The maximum atomic E-state index is 12.4. The fourth-order valence-corrected chi connectivity index (χ4v) is 3.26. The van der Waals surface area contributed by atoms with Crippen molar-refractivity contribution in [2.24, 2.45) is 0 Å². The summed E-state index contributed by atoms with van der Waals surface area (Å²) in [6.07, 6.45) is 1.11. The van der Waals surface area contributed by atoms with E-state index in [9.17, 15) is 13.2 Å². The van der Waals surface area contributed by atoms with Gasteiger partial charge in [-0.2, -0.15) is 8.42 Å². The summed E-state index contributed by atoms with van der Waals surface area (Å²) in [4.78, 5) is 11.1. The van der Waals surface area contributed by atoms with E-state index in [0.717, 1.165) is 11.1 Å². The van der Waals surface area contributed by atoms with Crippen LogP contribution in [0.15, 0.2) is 53.4 Å². The van der Waals surface area contributed by atoms with Gasteiger partial charge in [-0.25, -0.2) is 0 Å². The zero-order valence-corrected chi connectivity index (χ0v) is 15.9. The standard InChI is InChI=1S/C20H24O4S/c1-15(21)5-6-16-7-11-18(12-8-16)24-25(22,23)19-13-9-17(10-14-19)20(2,3)4/h7-14H,5-6H2,1-4H3. The average molecular weight is 360 g/mol. The second kappa shape index (κ2) is 7.40. The zero-order chi connectivity index (χ0) is 18.7. The second-order valence-corrected chi connectivity index (χ2v) is 8.70. The van der Waals surface area contributed by atoms with Crippen molar-refractivity contribution in [2.75, 3.05) is 0 Å². The zero-order valence-electron chi connectivity index (χ0n) is 15.1. The van der Waals surface area contributed by atoms with E-state index >= 15 is 0 Å². The third-order valence-corrected chi connectivity index (χ3v) is 5.17. The summed E-state index contributed by atoms with van der Waals surface area (Å²) in [5.74, 6) is 0.382. The van der Waals surface area contributed by atoms with Crippen LogP contribution in [0.3, 0.4) is 0 Å². The quantitative estimate of drug-likeness (QED) is 0.722. The predicted molar refractivity (Wildman–Crippen MR) is 98.4 cm³/mol. The van der Waals surface area contributed by atoms with Crippen LogP contribution in [-0.2, 0) is 26.7 Å². The van der Waals surface area contributed by atoms with Gasteiger partial charge in [-0.15, -0.1) is 0 Å². The normalized spacial score (nSPS) is 12.0. The van der Waals surface area contributed by atoms with Crippen LogP contribution in [0.4, 0.5) is 0 Å². The molecule has 0 fully saturated rings. The minimum atomic E-state index is -3.87. The highest BCUT2D eigenvalue weighted by Gasteiger charge is 2.19. The molecule has 0 spiro atoms. The van der Waals surface area contributed by atoms with Crippen LogP contribution in [0.1, 0.15) is 45.2 Å². The fraction of sp³-hybridized carbons (Fsp3) is 0.350. The number of rotatable bonds is 6. The molecule has 0 aliphatic rings. The van der Waals surface area contributed by atoms with E-state index in [0.29, 0.717) is 12.8 Å². The minimum Gasteiger partial charge on any atom is -0.379 e. The SMILES string of the molecule is CC(=O)CCc1ccc(OS(=O)(=O)c2ccc(C(C)(C)C)cc2)cc1. The van der Waals surface area contributed by atoms with Crippen LogP contribution in [0, 0.1) is 0 Å². The van der Waals surface area contributed by atoms with Crippen LogP contribution >= 0.6 is 0 Å². The Morgan fingerprint density at radius 1 is 0.960 bits per heavy atom. The summed E-state index contributed by atoms with van der Waals surface area (Å²) in [6, 6.07) is 13.5. The number of carbonyl (C=O) groups excluding carboxylic acids is 1. The summed E-state index contributed by atoms with van der Waals surface area (Å²) >= 11 is 0. The van der Waals surface area contributed by atoms with Crippen molar-refractivity contribution in [3.8, 4) is 5.75 Å². The summed E-state index contributed by atoms with van der Waals surface area (Å²) in [7, 11) is -3.87. The Kier molecular flexibility index (Phi) is 5.68. The molecule has 0 heterocycles. The molecular formula is C20H24O4S. The summed E-state index contributed by atoms with van der Waals surface area (Å²) in [6.45, 7) is 7.76. The highest BCUT2D eigenvalue weighted by molar-refractivity contribution is 7.87.